The number of hydrogen-bond donors (Lipinski definition) is 0. The molecule has 3 heteroatoms. The molecule has 0 fully saturated rings. The molecule has 0 radical (unpaired) electrons. The average molecular weight is 396 g/mol. The number of unbranched alkanes of at least 4 members (excludes halogenated alkanes) is 2. The Hall–Kier alpha value is -2.26. The highest BCUT2D eigenvalue weighted by Gasteiger charge is 2.04. The molecule has 0 aliphatic carbocycles. The van der Waals surface area contributed by atoms with Crippen LogP contribution in [0.25, 0.3) is 12.2 Å². The number of nitrogens with zero attached hydrogens (tertiary/aromatic N) is 1. The van der Waals surface area contributed by atoms with E-state index in [0.717, 1.165) is 42.2 Å². The molecule has 2 aromatic carbocycles. The average Bonchev–Trinajstić information content (AvgIpc) is 2.77. The molecule has 0 bridgehead atoms. The molecular weight excluding hydrogens is 358 g/mol. The van der Waals surface area contributed by atoms with Crippen LogP contribution in [0.1, 0.15) is 57.1 Å². The van der Waals surface area contributed by atoms with E-state index in [1.165, 1.54) is 38.8 Å². The minimum Gasteiger partial charge on any atom is -0.497 e. The van der Waals surface area contributed by atoms with E-state index in [-0.39, 0.29) is 0 Å². The molecule has 0 aromatic heterocycles. The third kappa shape index (κ3) is 9.19. The largest absolute Gasteiger partial charge is 0.497 e. The summed E-state index contributed by atoms with van der Waals surface area (Å²) in [5, 5.41) is 0. The topological polar surface area (TPSA) is 21.7 Å². The highest BCUT2D eigenvalue weighted by Crippen LogP contribution is 2.17. The lowest BCUT2D eigenvalue weighted by molar-refractivity contribution is 0.229. The summed E-state index contributed by atoms with van der Waals surface area (Å²) >= 11 is 0. The first kappa shape index (κ1) is 23.0. The van der Waals surface area contributed by atoms with E-state index in [2.05, 4.69) is 61.2 Å². The van der Waals surface area contributed by atoms with Crippen LogP contribution in [-0.2, 0) is 0 Å². The molecule has 0 saturated carbocycles. The maximum atomic E-state index is 5.95. The second-order valence-electron chi connectivity index (χ2n) is 7.43. The minimum absolute atomic E-state index is 0.772. The van der Waals surface area contributed by atoms with Crippen molar-refractivity contribution in [2.45, 2.75) is 46.0 Å². The molecule has 3 nitrogen and oxygen atoms in total. The Bertz CT molecular complexity index is 701. The zero-order valence-corrected chi connectivity index (χ0v) is 18.4. The van der Waals surface area contributed by atoms with Crippen LogP contribution in [0.5, 0.6) is 11.5 Å². The smallest absolute Gasteiger partial charge is 0.119 e. The van der Waals surface area contributed by atoms with Gasteiger partial charge in [-0.25, -0.2) is 0 Å². The Kier molecular flexibility index (Phi) is 11.0. The van der Waals surface area contributed by atoms with Crippen molar-refractivity contribution in [2.24, 2.45) is 0 Å². The van der Waals surface area contributed by atoms with Gasteiger partial charge in [0.1, 0.15) is 11.5 Å². The summed E-state index contributed by atoms with van der Waals surface area (Å²) in [7, 11) is 1.69. The maximum absolute atomic E-state index is 5.95. The van der Waals surface area contributed by atoms with Gasteiger partial charge >= 0.3 is 0 Å². The first-order valence-electron chi connectivity index (χ1n) is 11.0. The predicted molar refractivity (Wildman–Crippen MR) is 125 cm³/mol. The molecule has 0 atom stereocenters. The summed E-state index contributed by atoms with van der Waals surface area (Å²) in [6.07, 6.45) is 10.4. The molecule has 29 heavy (non-hydrogen) atoms. The zero-order valence-electron chi connectivity index (χ0n) is 18.4. The van der Waals surface area contributed by atoms with Gasteiger partial charge < -0.3 is 14.4 Å². The minimum atomic E-state index is 0.772. The van der Waals surface area contributed by atoms with Crippen LogP contribution in [0.15, 0.2) is 48.5 Å². The van der Waals surface area contributed by atoms with Crippen LogP contribution < -0.4 is 9.47 Å². The normalized spacial score (nSPS) is 11.3. The van der Waals surface area contributed by atoms with Crippen LogP contribution in [0.2, 0.25) is 0 Å². The molecule has 0 saturated heterocycles. The second-order valence-corrected chi connectivity index (χ2v) is 7.43. The Morgan fingerprint density at radius 3 is 2.07 bits per heavy atom. The van der Waals surface area contributed by atoms with E-state index in [4.69, 9.17) is 9.47 Å². The lowest BCUT2D eigenvalue weighted by Gasteiger charge is -2.21. The first-order chi connectivity index (χ1) is 14.2. The van der Waals surface area contributed by atoms with Gasteiger partial charge in [-0.1, -0.05) is 63.1 Å². The van der Waals surface area contributed by atoms with Crippen molar-refractivity contribution in [1.82, 2.24) is 4.90 Å². The maximum Gasteiger partial charge on any atom is 0.119 e. The van der Waals surface area contributed by atoms with Crippen LogP contribution in [0, 0.1) is 0 Å². The summed E-state index contributed by atoms with van der Waals surface area (Å²) < 4.78 is 11.2. The van der Waals surface area contributed by atoms with Crippen molar-refractivity contribution in [1.29, 1.82) is 0 Å². The molecule has 0 heterocycles. The molecule has 0 amide bonds. The van der Waals surface area contributed by atoms with Gasteiger partial charge in [-0.3, -0.25) is 0 Å². The number of benzene rings is 2. The van der Waals surface area contributed by atoms with Crippen LogP contribution >= 0.6 is 0 Å². The number of rotatable bonds is 14. The Morgan fingerprint density at radius 2 is 1.41 bits per heavy atom. The molecule has 0 aliphatic rings. The molecule has 2 rings (SSSR count). The van der Waals surface area contributed by atoms with Gasteiger partial charge in [0.15, 0.2) is 0 Å². The molecule has 158 valence electrons. The highest BCUT2D eigenvalue weighted by molar-refractivity contribution is 5.70. The van der Waals surface area contributed by atoms with Gasteiger partial charge in [0.2, 0.25) is 0 Å². The van der Waals surface area contributed by atoms with Crippen molar-refractivity contribution in [3.05, 3.63) is 59.7 Å². The lowest BCUT2D eigenvalue weighted by atomic mass is 10.1. The van der Waals surface area contributed by atoms with E-state index in [1.807, 2.05) is 18.2 Å². The van der Waals surface area contributed by atoms with Gasteiger partial charge in [0, 0.05) is 6.54 Å². The molecule has 0 N–H and O–H groups in total. The fraction of sp³-hybridized carbons (Fsp3) is 0.462. The first-order valence-corrected chi connectivity index (χ1v) is 11.0. The van der Waals surface area contributed by atoms with Gasteiger partial charge in [-0.15, -0.1) is 0 Å². The summed E-state index contributed by atoms with van der Waals surface area (Å²) in [5.41, 5.74) is 2.28. The molecule has 0 unspecified atom stereocenters. The van der Waals surface area contributed by atoms with E-state index in [0.29, 0.717) is 0 Å². The number of ether oxygens (including phenoxy) is 2. The van der Waals surface area contributed by atoms with Gasteiger partial charge in [0.05, 0.1) is 13.7 Å². The molecule has 0 spiro atoms. The van der Waals surface area contributed by atoms with Crippen molar-refractivity contribution in [3.8, 4) is 11.5 Å². The zero-order chi connectivity index (χ0) is 20.7. The second kappa shape index (κ2) is 13.8. The molecule has 2 aromatic rings. The van der Waals surface area contributed by atoms with Crippen molar-refractivity contribution < 1.29 is 9.47 Å². The quantitative estimate of drug-likeness (QED) is 0.268. The Labute approximate surface area is 177 Å². The fourth-order valence-corrected chi connectivity index (χ4v) is 3.19. The predicted octanol–water partition coefficient (Wildman–Crippen LogP) is 6.54. The summed E-state index contributed by atoms with van der Waals surface area (Å²) in [6, 6.07) is 16.4. The van der Waals surface area contributed by atoms with Crippen molar-refractivity contribution in [2.75, 3.05) is 33.4 Å². The summed E-state index contributed by atoms with van der Waals surface area (Å²) in [6.45, 7) is 8.85. The van der Waals surface area contributed by atoms with E-state index in [1.54, 1.807) is 7.11 Å². The third-order valence-electron chi connectivity index (χ3n) is 4.99. The molecule has 0 aliphatic heterocycles. The van der Waals surface area contributed by atoms with Crippen molar-refractivity contribution in [3.63, 3.8) is 0 Å². The monoisotopic (exact) mass is 395 g/mol. The highest BCUT2D eigenvalue weighted by atomic mass is 16.5. The number of hydrogen-bond acceptors (Lipinski definition) is 3. The summed E-state index contributed by atoms with van der Waals surface area (Å²) in [5.74, 6) is 1.82. The fourth-order valence-electron chi connectivity index (χ4n) is 3.19. The van der Waals surface area contributed by atoms with E-state index in [9.17, 15) is 0 Å². The molecular formula is C26H37NO2. The Balaban J connectivity index is 1.76. The van der Waals surface area contributed by atoms with Crippen LogP contribution in [0.3, 0.4) is 0 Å². The third-order valence-corrected chi connectivity index (χ3v) is 4.99. The summed E-state index contributed by atoms with van der Waals surface area (Å²) in [4.78, 5) is 2.59. The van der Waals surface area contributed by atoms with E-state index < -0.39 is 0 Å². The Morgan fingerprint density at radius 1 is 0.759 bits per heavy atom. The standard InChI is InChI=1S/C26H37NO2/c1-4-6-18-27(19-7-5-2)20-9-21-29-25-16-14-23(15-17-25)12-13-24-10-8-11-26(22-24)28-3/h8,10-17,22H,4-7,9,18-21H2,1-3H3. The van der Waals surface area contributed by atoms with Gasteiger partial charge in [-0.05, 0) is 67.7 Å². The SMILES string of the molecule is CCCCN(CCCC)CCCOc1ccc(C=Cc2cccc(OC)c2)cc1. The van der Waals surface area contributed by atoms with Crippen LogP contribution in [-0.4, -0.2) is 38.3 Å². The van der Waals surface area contributed by atoms with E-state index >= 15 is 0 Å². The number of methoxy groups -OCH3 is 1. The van der Waals surface area contributed by atoms with Gasteiger partial charge in [-0.2, -0.15) is 0 Å². The van der Waals surface area contributed by atoms with Crippen molar-refractivity contribution >= 4 is 12.2 Å². The van der Waals surface area contributed by atoms with Gasteiger partial charge in [0.25, 0.3) is 0 Å². The van der Waals surface area contributed by atoms with Crippen LogP contribution in [0.4, 0.5) is 0 Å². The lowest BCUT2D eigenvalue weighted by Crippen LogP contribution is -2.28.